The molecule has 0 aliphatic heterocycles. The second-order valence-corrected chi connectivity index (χ2v) is 9.42. The maximum atomic E-state index is 11.4. The van der Waals surface area contributed by atoms with Crippen molar-refractivity contribution in [1.82, 2.24) is 0 Å². The van der Waals surface area contributed by atoms with E-state index in [1.165, 1.54) is 103 Å². The number of carboxylic acid groups (broad SMARTS) is 1. The lowest BCUT2D eigenvalue weighted by Crippen LogP contribution is -2.23. The number of ether oxygens (including phenoxy) is 1. The van der Waals surface area contributed by atoms with E-state index in [0.29, 0.717) is 13.0 Å². The number of rotatable bonds is 23. The second-order valence-electron chi connectivity index (χ2n) is 9.42. The highest BCUT2D eigenvalue weighted by Gasteiger charge is 2.17. The normalized spacial score (nSPS) is 12.2. The van der Waals surface area contributed by atoms with Crippen molar-refractivity contribution in [3.8, 4) is 0 Å². The van der Waals surface area contributed by atoms with E-state index < -0.39 is 12.1 Å². The fourth-order valence-corrected chi connectivity index (χ4v) is 4.28. The molecule has 0 saturated carbocycles. The first-order valence-corrected chi connectivity index (χ1v) is 13.6. The highest BCUT2D eigenvalue weighted by molar-refractivity contribution is 5.72. The van der Waals surface area contributed by atoms with Crippen LogP contribution in [0.25, 0.3) is 0 Å². The van der Waals surface area contributed by atoms with Gasteiger partial charge in [-0.25, -0.2) is 4.79 Å². The Balaban J connectivity index is 1.84. The van der Waals surface area contributed by atoms with Crippen LogP contribution in [0, 0.1) is 0 Å². The molecule has 0 saturated heterocycles. The summed E-state index contributed by atoms with van der Waals surface area (Å²) >= 11 is 0. The smallest absolute Gasteiger partial charge is 0.332 e. The first-order valence-electron chi connectivity index (χ1n) is 13.6. The van der Waals surface area contributed by atoms with Crippen LogP contribution in [0.2, 0.25) is 0 Å². The molecule has 1 atom stereocenters. The van der Waals surface area contributed by atoms with Gasteiger partial charge in [0.1, 0.15) is 0 Å². The van der Waals surface area contributed by atoms with Crippen molar-refractivity contribution in [3.05, 3.63) is 35.9 Å². The fourth-order valence-electron chi connectivity index (χ4n) is 4.28. The van der Waals surface area contributed by atoms with Crippen molar-refractivity contribution >= 4 is 5.97 Å². The van der Waals surface area contributed by atoms with E-state index in [0.717, 1.165) is 18.4 Å². The zero-order chi connectivity index (χ0) is 23.1. The molecule has 184 valence electrons. The highest BCUT2D eigenvalue weighted by atomic mass is 16.5. The van der Waals surface area contributed by atoms with E-state index in [4.69, 9.17) is 4.74 Å². The highest BCUT2D eigenvalue weighted by Crippen LogP contribution is 2.16. The Kier molecular flexibility index (Phi) is 19.3. The summed E-state index contributed by atoms with van der Waals surface area (Å²) in [5, 5.41) is 9.37. The third kappa shape index (κ3) is 17.2. The molecule has 0 spiro atoms. The van der Waals surface area contributed by atoms with Gasteiger partial charge in [-0.1, -0.05) is 153 Å². The number of carbonyl (C=O) groups is 1. The van der Waals surface area contributed by atoms with Gasteiger partial charge < -0.3 is 9.84 Å². The molecule has 0 aromatic heterocycles. The summed E-state index contributed by atoms with van der Waals surface area (Å²) in [6, 6.07) is 9.79. The predicted molar refractivity (Wildman–Crippen MR) is 136 cm³/mol. The fraction of sp³-hybridized carbons (Fsp3) is 0.759. The summed E-state index contributed by atoms with van der Waals surface area (Å²) in [4.78, 5) is 11.4. The number of aliphatic carboxylic acids is 1. The zero-order valence-corrected chi connectivity index (χ0v) is 20.9. The maximum absolute atomic E-state index is 11.4. The quantitative estimate of drug-likeness (QED) is 0.170. The minimum absolute atomic E-state index is 0.372. The minimum atomic E-state index is -0.840. The Morgan fingerprint density at radius 3 is 1.50 bits per heavy atom. The third-order valence-electron chi connectivity index (χ3n) is 6.39. The average molecular weight is 447 g/mol. The van der Waals surface area contributed by atoms with Crippen molar-refractivity contribution in [2.24, 2.45) is 0 Å². The summed E-state index contributed by atoms with van der Waals surface area (Å²) in [6.07, 6.45) is 24.1. The van der Waals surface area contributed by atoms with Crippen LogP contribution >= 0.6 is 0 Å². The van der Waals surface area contributed by atoms with E-state index in [9.17, 15) is 9.90 Å². The second kappa shape index (κ2) is 21.5. The number of carboxylic acids is 1. The third-order valence-corrected chi connectivity index (χ3v) is 6.39. The van der Waals surface area contributed by atoms with Crippen molar-refractivity contribution in [1.29, 1.82) is 0 Å². The molecule has 1 aromatic rings. The van der Waals surface area contributed by atoms with Gasteiger partial charge in [-0.15, -0.1) is 0 Å². The molecule has 0 aliphatic rings. The topological polar surface area (TPSA) is 46.5 Å². The first kappa shape index (κ1) is 28.7. The van der Waals surface area contributed by atoms with Crippen LogP contribution in [0.3, 0.4) is 0 Å². The minimum Gasteiger partial charge on any atom is -0.479 e. The van der Waals surface area contributed by atoms with Gasteiger partial charge >= 0.3 is 5.97 Å². The van der Waals surface area contributed by atoms with Gasteiger partial charge in [0, 0.05) is 0 Å². The lowest BCUT2D eigenvalue weighted by molar-refractivity contribution is -0.151. The number of benzene rings is 1. The van der Waals surface area contributed by atoms with Crippen LogP contribution in [-0.4, -0.2) is 17.2 Å². The molecule has 0 aliphatic carbocycles. The van der Waals surface area contributed by atoms with Crippen LogP contribution in [0.15, 0.2) is 30.3 Å². The zero-order valence-electron chi connectivity index (χ0n) is 20.9. The van der Waals surface area contributed by atoms with Crippen LogP contribution in [0.4, 0.5) is 0 Å². The van der Waals surface area contributed by atoms with Gasteiger partial charge in [0.05, 0.1) is 6.61 Å². The van der Waals surface area contributed by atoms with Crippen molar-refractivity contribution < 1.29 is 14.6 Å². The molecule has 0 bridgehead atoms. The Bertz CT molecular complexity index is 528. The van der Waals surface area contributed by atoms with E-state index in [2.05, 4.69) is 6.92 Å². The van der Waals surface area contributed by atoms with Gasteiger partial charge in [0.25, 0.3) is 0 Å². The molecule has 0 unspecified atom stereocenters. The van der Waals surface area contributed by atoms with Crippen molar-refractivity contribution in [2.75, 3.05) is 0 Å². The molecule has 0 fully saturated rings. The monoisotopic (exact) mass is 446 g/mol. The molecule has 3 heteroatoms. The molecular weight excluding hydrogens is 396 g/mol. The van der Waals surface area contributed by atoms with Crippen LogP contribution in [0.1, 0.15) is 134 Å². The molecule has 0 amide bonds. The van der Waals surface area contributed by atoms with Gasteiger partial charge in [-0.2, -0.15) is 0 Å². The van der Waals surface area contributed by atoms with E-state index >= 15 is 0 Å². The Hall–Kier alpha value is -1.35. The Morgan fingerprint density at radius 2 is 1.09 bits per heavy atom. The summed E-state index contributed by atoms with van der Waals surface area (Å²) in [6.45, 7) is 2.65. The summed E-state index contributed by atoms with van der Waals surface area (Å²) in [5.74, 6) is -0.840. The van der Waals surface area contributed by atoms with E-state index in [-0.39, 0.29) is 0 Å². The lowest BCUT2D eigenvalue weighted by Gasteiger charge is -2.13. The largest absolute Gasteiger partial charge is 0.479 e. The SMILES string of the molecule is CCCCCCCCCCCCCCCCCCCC[C@@H](OCc1ccccc1)C(=O)O. The molecule has 0 radical (unpaired) electrons. The first-order chi connectivity index (χ1) is 15.7. The number of unbranched alkanes of at least 4 members (excludes halogenated alkanes) is 17. The van der Waals surface area contributed by atoms with E-state index in [1.54, 1.807) is 0 Å². The maximum Gasteiger partial charge on any atom is 0.332 e. The van der Waals surface area contributed by atoms with Crippen molar-refractivity contribution in [2.45, 2.75) is 142 Å². The molecule has 3 nitrogen and oxygen atoms in total. The summed E-state index contributed by atoms with van der Waals surface area (Å²) in [7, 11) is 0. The van der Waals surface area contributed by atoms with Crippen molar-refractivity contribution in [3.63, 3.8) is 0 Å². The van der Waals surface area contributed by atoms with Crippen LogP contribution in [0.5, 0.6) is 0 Å². The standard InChI is InChI=1S/C29H50O3/c1-2-3-4-5-6-7-8-9-10-11-12-13-14-15-16-17-18-22-25-28(29(30)31)32-26-27-23-20-19-21-24-27/h19-21,23-24,28H,2-18,22,25-26H2,1H3,(H,30,31)/t28-/m1/s1. The molecule has 1 rings (SSSR count). The van der Waals surface area contributed by atoms with Gasteiger partial charge in [-0.3, -0.25) is 0 Å². The lowest BCUT2D eigenvalue weighted by atomic mass is 10.0. The molecule has 32 heavy (non-hydrogen) atoms. The van der Waals surface area contributed by atoms with Gasteiger partial charge in [-0.05, 0) is 12.0 Å². The van der Waals surface area contributed by atoms with E-state index in [1.807, 2.05) is 30.3 Å². The summed E-state index contributed by atoms with van der Waals surface area (Å²) in [5.41, 5.74) is 1.02. The Labute approximate surface area is 198 Å². The molecule has 1 N–H and O–H groups in total. The van der Waals surface area contributed by atoms with Crippen LogP contribution in [-0.2, 0) is 16.1 Å². The molecular formula is C29H50O3. The van der Waals surface area contributed by atoms with Crippen LogP contribution < -0.4 is 0 Å². The molecule has 1 aromatic carbocycles. The predicted octanol–water partition coefficient (Wildman–Crippen LogP) is 9.09. The van der Waals surface area contributed by atoms with Gasteiger partial charge in [0.2, 0.25) is 0 Å². The average Bonchev–Trinajstić information content (AvgIpc) is 2.80. The number of hydrogen-bond donors (Lipinski definition) is 1. The Morgan fingerprint density at radius 1 is 0.688 bits per heavy atom. The molecule has 0 heterocycles. The van der Waals surface area contributed by atoms with Gasteiger partial charge in [0.15, 0.2) is 6.10 Å². The summed E-state index contributed by atoms with van der Waals surface area (Å²) < 4.78 is 5.62. The number of hydrogen-bond acceptors (Lipinski definition) is 2.